The molecule has 0 fully saturated rings. The summed E-state index contributed by atoms with van der Waals surface area (Å²) >= 11 is 0. The SMILES string of the molecule is CCc1ccc(C(=O)NC)nc1. The van der Waals surface area contributed by atoms with Crippen molar-refractivity contribution in [1.29, 1.82) is 0 Å². The van der Waals surface area contributed by atoms with E-state index in [2.05, 4.69) is 17.2 Å². The lowest BCUT2D eigenvalue weighted by Crippen LogP contribution is -2.18. The van der Waals surface area contributed by atoms with Crippen LogP contribution < -0.4 is 5.32 Å². The molecule has 0 unspecified atom stereocenters. The van der Waals surface area contributed by atoms with Gasteiger partial charge in [0.25, 0.3) is 5.91 Å². The Labute approximate surface area is 71.8 Å². The van der Waals surface area contributed by atoms with E-state index in [1.165, 1.54) is 0 Å². The standard InChI is InChI=1S/C9H12N2O/c1-3-7-4-5-8(11-6-7)9(12)10-2/h4-6H,3H2,1-2H3,(H,10,12). The van der Waals surface area contributed by atoms with Crippen LogP contribution in [0.2, 0.25) is 0 Å². The van der Waals surface area contributed by atoms with Crippen molar-refractivity contribution < 1.29 is 4.79 Å². The molecular weight excluding hydrogens is 152 g/mol. The van der Waals surface area contributed by atoms with Crippen LogP contribution in [0, 0.1) is 0 Å². The highest BCUT2D eigenvalue weighted by atomic mass is 16.1. The molecule has 0 aliphatic carbocycles. The smallest absolute Gasteiger partial charge is 0.269 e. The molecule has 0 saturated carbocycles. The first-order valence-electron chi connectivity index (χ1n) is 3.95. The molecule has 3 nitrogen and oxygen atoms in total. The van der Waals surface area contributed by atoms with E-state index in [1.807, 2.05) is 6.07 Å². The van der Waals surface area contributed by atoms with Crippen LogP contribution in [0.3, 0.4) is 0 Å². The number of carbonyl (C=O) groups excluding carboxylic acids is 1. The number of hydrogen-bond donors (Lipinski definition) is 1. The zero-order valence-corrected chi connectivity index (χ0v) is 7.29. The Balaban J connectivity index is 2.84. The first-order valence-corrected chi connectivity index (χ1v) is 3.95. The van der Waals surface area contributed by atoms with Crippen molar-refractivity contribution in [2.45, 2.75) is 13.3 Å². The fourth-order valence-corrected chi connectivity index (χ4v) is 0.896. The summed E-state index contributed by atoms with van der Waals surface area (Å²) in [6.45, 7) is 2.05. The zero-order valence-electron chi connectivity index (χ0n) is 7.29. The number of rotatable bonds is 2. The molecule has 0 saturated heterocycles. The normalized spacial score (nSPS) is 9.50. The van der Waals surface area contributed by atoms with Gasteiger partial charge in [-0.05, 0) is 18.1 Å². The number of aromatic nitrogens is 1. The Bertz CT molecular complexity index is 266. The summed E-state index contributed by atoms with van der Waals surface area (Å²) in [5.74, 6) is -0.141. The second kappa shape index (κ2) is 3.85. The predicted octanol–water partition coefficient (Wildman–Crippen LogP) is 1.00. The van der Waals surface area contributed by atoms with Crippen LogP contribution >= 0.6 is 0 Å². The molecular formula is C9H12N2O. The van der Waals surface area contributed by atoms with Crippen molar-refractivity contribution in [2.24, 2.45) is 0 Å². The maximum Gasteiger partial charge on any atom is 0.269 e. The Morgan fingerprint density at radius 3 is 2.75 bits per heavy atom. The van der Waals surface area contributed by atoms with Gasteiger partial charge in [0, 0.05) is 13.2 Å². The maximum absolute atomic E-state index is 11.0. The van der Waals surface area contributed by atoms with Crippen molar-refractivity contribution in [2.75, 3.05) is 7.05 Å². The van der Waals surface area contributed by atoms with Crippen LogP contribution in [0.1, 0.15) is 23.0 Å². The fraction of sp³-hybridized carbons (Fsp3) is 0.333. The summed E-state index contributed by atoms with van der Waals surface area (Å²) in [5.41, 5.74) is 1.61. The molecule has 0 spiro atoms. The van der Waals surface area contributed by atoms with Crippen LogP contribution in [0.15, 0.2) is 18.3 Å². The van der Waals surface area contributed by atoms with E-state index in [1.54, 1.807) is 19.3 Å². The van der Waals surface area contributed by atoms with E-state index in [9.17, 15) is 4.79 Å². The van der Waals surface area contributed by atoms with E-state index in [0.29, 0.717) is 5.69 Å². The molecule has 1 heterocycles. The number of carbonyl (C=O) groups is 1. The molecule has 0 radical (unpaired) electrons. The minimum Gasteiger partial charge on any atom is -0.354 e. The maximum atomic E-state index is 11.0. The van der Waals surface area contributed by atoms with Crippen molar-refractivity contribution >= 4 is 5.91 Å². The van der Waals surface area contributed by atoms with Gasteiger partial charge in [0.2, 0.25) is 0 Å². The second-order valence-corrected chi connectivity index (χ2v) is 2.48. The lowest BCUT2D eigenvalue weighted by molar-refractivity contribution is 0.0958. The molecule has 64 valence electrons. The Hall–Kier alpha value is -1.38. The summed E-state index contributed by atoms with van der Waals surface area (Å²) in [4.78, 5) is 15.0. The Kier molecular flexibility index (Phi) is 2.80. The number of pyridine rings is 1. The molecule has 1 aromatic rings. The summed E-state index contributed by atoms with van der Waals surface area (Å²) < 4.78 is 0. The summed E-state index contributed by atoms with van der Waals surface area (Å²) in [6.07, 6.45) is 2.67. The third-order valence-electron chi connectivity index (χ3n) is 1.69. The average molecular weight is 164 g/mol. The van der Waals surface area contributed by atoms with Crippen molar-refractivity contribution in [1.82, 2.24) is 10.3 Å². The summed E-state index contributed by atoms with van der Waals surface area (Å²) in [5, 5.41) is 2.52. The van der Waals surface area contributed by atoms with Gasteiger partial charge >= 0.3 is 0 Å². The molecule has 1 aromatic heterocycles. The van der Waals surface area contributed by atoms with Gasteiger partial charge in [-0.3, -0.25) is 9.78 Å². The third kappa shape index (κ3) is 1.81. The number of nitrogens with one attached hydrogen (secondary N) is 1. The van der Waals surface area contributed by atoms with Gasteiger partial charge in [0.1, 0.15) is 5.69 Å². The molecule has 12 heavy (non-hydrogen) atoms. The van der Waals surface area contributed by atoms with Crippen LogP contribution in [-0.2, 0) is 6.42 Å². The number of amides is 1. The van der Waals surface area contributed by atoms with Crippen LogP contribution in [-0.4, -0.2) is 17.9 Å². The van der Waals surface area contributed by atoms with Crippen LogP contribution in [0.5, 0.6) is 0 Å². The number of hydrogen-bond acceptors (Lipinski definition) is 2. The number of nitrogens with zero attached hydrogens (tertiary/aromatic N) is 1. The minimum absolute atomic E-state index is 0.141. The Morgan fingerprint density at radius 2 is 2.33 bits per heavy atom. The van der Waals surface area contributed by atoms with Gasteiger partial charge < -0.3 is 5.32 Å². The number of aryl methyl sites for hydroxylation is 1. The molecule has 1 rings (SSSR count). The van der Waals surface area contributed by atoms with Gasteiger partial charge in [-0.1, -0.05) is 13.0 Å². The van der Waals surface area contributed by atoms with Crippen LogP contribution in [0.4, 0.5) is 0 Å². The molecule has 1 N–H and O–H groups in total. The van der Waals surface area contributed by atoms with Gasteiger partial charge in [0.05, 0.1) is 0 Å². The molecule has 0 aliphatic heterocycles. The average Bonchev–Trinajstić information content (AvgIpc) is 2.17. The lowest BCUT2D eigenvalue weighted by atomic mass is 10.2. The molecule has 0 aliphatic rings. The van der Waals surface area contributed by atoms with E-state index in [0.717, 1.165) is 12.0 Å². The van der Waals surface area contributed by atoms with Crippen molar-refractivity contribution in [3.8, 4) is 0 Å². The van der Waals surface area contributed by atoms with E-state index in [4.69, 9.17) is 0 Å². The first kappa shape index (κ1) is 8.71. The lowest BCUT2D eigenvalue weighted by Gasteiger charge is -1.99. The van der Waals surface area contributed by atoms with Crippen LogP contribution in [0.25, 0.3) is 0 Å². The molecule has 1 amide bonds. The highest BCUT2D eigenvalue weighted by molar-refractivity contribution is 5.91. The third-order valence-corrected chi connectivity index (χ3v) is 1.69. The summed E-state index contributed by atoms with van der Waals surface area (Å²) in [7, 11) is 1.59. The van der Waals surface area contributed by atoms with Gasteiger partial charge in [-0.25, -0.2) is 0 Å². The first-order chi connectivity index (χ1) is 5.77. The van der Waals surface area contributed by atoms with Gasteiger partial charge in [-0.15, -0.1) is 0 Å². The highest BCUT2D eigenvalue weighted by Crippen LogP contribution is 2.00. The molecule has 3 heteroatoms. The Morgan fingerprint density at radius 1 is 1.58 bits per heavy atom. The van der Waals surface area contributed by atoms with Gasteiger partial charge in [-0.2, -0.15) is 0 Å². The van der Waals surface area contributed by atoms with E-state index in [-0.39, 0.29) is 5.91 Å². The monoisotopic (exact) mass is 164 g/mol. The fourth-order valence-electron chi connectivity index (χ4n) is 0.896. The summed E-state index contributed by atoms with van der Waals surface area (Å²) in [6, 6.07) is 3.65. The van der Waals surface area contributed by atoms with Gasteiger partial charge in [0.15, 0.2) is 0 Å². The van der Waals surface area contributed by atoms with E-state index < -0.39 is 0 Å². The molecule has 0 aromatic carbocycles. The minimum atomic E-state index is -0.141. The second-order valence-electron chi connectivity index (χ2n) is 2.48. The predicted molar refractivity (Wildman–Crippen MR) is 47.0 cm³/mol. The quantitative estimate of drug-likeness (QED) is 0.708. The molecule has 0 bridgehead atoms. The topological polar surface area (TPSA) is 42.0 Å². The van der Waals surface area contributed by atoms with Crippen molar-refractivity contribution in [3.63, 3.8) is 0 Å². The largest absolute Gasteiger partial charge is 0.354 e. The zero-order chi connectivity index (χ0) is 8.97. The van der Waals surface area contributed by atoms with E-state index >= 15 is 0 Å². The van der Waals surface area contributed by atoms with Crippen molar-refractivity contribution in [3.05, 3.63) is 29.6 Å². The molecule has 0 atom stereocenters. The highest BCUT2D eigenvalue weighted by Gasteiger charge is 2.02.